The van der Waals surface area contributed by atoms with E-state index in [1.165, 1.54) is 7.11 Å². The zero-order chi connectivity index (χ0) is 9.97. The fraction of sp³-hybridized carbons (Fsp3) is 0.100. The summed E-state index contributed by atoms with van der Waals surface area (Å²) in [7, 11) is 1.44. The molecule has 72 valence electrons. The molecule has 4 heteroatoms. The number of aromatic nitrogens is 2. The second-order valence-electron chi connectivity index (χ2n) is 2.79. The highest BCUT2D eigenvalue weighted by Crippen LogP contribution is 2.26. The lowest BCUT2D eigenvalue weighted by Gasteiger charge is -2.04. The van der Waals surface area contributed by atoms with Gasteiger partial charge >= 0.3 is 0 Å². The van der Waals surface area contributed by atoms with Crippen LogP contribution < -0.4 is 4.74 Å². The molecule has 1 N–H and O–H groups in total. The molecule has 2 rings (SSSR count). The van der Waals surface area contributed by atoms with Crippen molar-refractivity contribution in [2.24, 2.45) is 0 Å². The van der Waals surface area contributed by atoms with Crippen LogP contribution in [0.2, 0.25) is 0 Å². The van der Waals surface area contributed by atoms with Crippen molar-refractivity contribution in [2.45, 2.75) is 0 Å². The van der Waals surface area contributed by atoms with E-state index in [4.69, 9.17) is 4.74 Å². The van der Waals surface area contributed by atoms with Gasteiger partial charge in [-0.1, -0.05) is 6.07 Å². The Bertz CT molecular complexity index is 426. The van der Waals surface area contributed by atoms with Crippen molar-refractivity contribution in [3.05, 3.63) is 36.3 Å². The maximum atomic E-state index is 13.7. The van der Waals surface area contributed by atoms with E-state index in [0.29, 0.717) is 11.3 Å². The monoisotopic (exact) mass is 192 g/mol. The lowest BCUT2D eigenvalue weighted by Crippen LogP contribution is -1.91. The summed E-state index contributed by atoms with van der Waals surface area (Å²) in [5.41, 5.74) is 1.10. The van der Waals surface area contributed by atoms with Gasteiger partial charge in [-0.2, -0.15) is 5.10 Å². The minimum Gasteiger partial charge on any atom is -0.494 e. The second kappa shape index (κ2) is 3.49. The predicted molar refractivity (Wildman–Crippen MR) is 50.5 cm³/mol. The first-order valence-electron chi connectivity index (χ1n) is 4.15. The van der Waals surface area contributed by atoms with Gasteiger partial charge < -0.3 is 4.74 Å². The molecule has 0 atom stereocenters. The number of ether oxygens (including phenoxy) is 1. The third-order valence-corrected chi connectivity index (χ3v) is 1.97. The molecule has 2 aromatic rings. The first kappa shape index (κ1) is 8.74. The zero-order valence-corrected chi connectivity index (χ0v) is 7.62. The van der Waals surface area contributed by atoms with Crippen molar-refractivity contribution in [3.63, 3.8) is 0 Å². The summed E-state index contributed by atoms with van der Waals surface area (Å²) in [6, 6.07) is 6.69. The highest BCUT2D eigenvalue weighted by Gasteiger charge is 2.10. The minimum absolute atomic E-state index is 0.233. The maximum Gasteiger partial charge on any atom is 0.174 e. The number of hydrogen-bond donors (Lipinski definition) is 1. The number of aromatic amines is 1. The van der Waals surface area contributed by atoms with Gasteiger partial charge in [-0.15, -0.1) is 0 Å². The summed E-state index contributed by atoms with van der Waals surface area (Å²) in [4.78, 5) is 0. The summed E-state index contributed by atoms with van der Waals surface area (Å²) in [6.07, 6.45) is 1.58. The van der Waals surface area contributed by atoms with Crippen LogP contribution in [0.15, 0.2) is 30.5 Å². The fourth-order valence-corrected chi connectivity index (χ4v) is 1.28. The van der Waals surface area contributed by atoms with Gasteiger partial charge in [0.2, 0.25) is 0 Å². The zero-order valence-electron chi connectivity index (χ0n) is 7.62. The first-order chi connectivity index (χ1) is 6.83. The third-order valence-electron chi connectivity index (χ3n) is 1.97. The number of methoxy groups -OCH3 is 1. The minimum atomic E-state index is -0.376. The number of hydrogen-bond acceptors (Lipinski definition) is 2. The van der Waals surface area contributed by atoms with Crippen LogP contribution in [0.3, 0.4) is 0 Å². The molecule has 0 saturated heterocycles. The third kappa shape index (κ3) is 1.35. The number of nitrogens with zero attached hydrogens (tertiary/aromatic N) is 1. The van der Waals surface area contributed by atoms with Crippen LogP contribution in [-0.2, 0) is 0 Å². The van der Waals surface area contributed by atoms with Gasteiger partial charge in [-0.3, -0.25) is 5.10 Å². The van der Waals surface area contributed by atoms with Crippen molar-refractivity contribution >= 4 is 0 Å². The molecule has 3 nitrogen and oxygen atoms in total. The lowest BCUT2D eigenvalue weighted by atomic mass is 10.1. The van der Waals surface area contributed by atoms with Crippen molar-refractivity contribution in [3.8, 4) is 17.0 Å². The van der Waals surface area contributed by atoms with Gasteiger partial charge in [0, 0.05) is 11.8 Å². The van der Waals surface area contributed by atoms with Gasteiger partial charge in [0.05, 0.1) is 12.8 Å². The van der Waals surface area contributed by atoms with Crippen LogP contribution in [0.1, 0.15) is 0 Å². The molecule has 1 aromatic heterocycles. The van der Waals surface area contributed by atoms with Gasteiger partial charge in [0.1, 0.15) is 0 Å². The molecule has 0 unspecified atom stereocenters. The summed E-state index contributed by atoms with van der Waals surface area (Å²) in [5.74, 6) is -0.142. The average Bonchev–Trinajstić information content (AvgIpc) is 2.71. The predicted octanol–water partition coefficient (Wildman–Crippen LogP) is 2.22. The Morgan fingerprint density at radius 1 is 1.36 bits per heavy atom. The Kier molecular flexibility index (Phi) is 2.18. The standard InChI is InChI=1S/C10H9FN2O/c1-14-9-4-2-3-7(10(9)11)8-5-6-12-13-8/h2-6H,1H3,(H,12,13). The molecule has 0 radical (unpaired) electrons. The van der Waals surface area contributed by atoms with Crippen LogP contribution in [0, 0.1) is 5.82 Å². The fourth-order valence-electron chi connectivity index (χ4n) is 1.28. The molecule has 1 aromatic carbocycles. The molecule has 0 aliphatic carbocycles. The van der Waals surface area contributed by atoms with Crippen molar-refractivity contribution in [2.75, 3.05) is 7.11 Å². The topological polar surface area (TPSA) is 37.9 Å². The van der Waals surface area contributed by atoms with E-state index in [1.54, 1.807) is 30.5 Å². The molecule has 0 fully saturated rings. The van der Waals surface area contributed by atoms with E-state index in [1.807, 2.05) is 0 Å². The second-order valence-corrected chi connectivity index (χ2v) is 2.79. The SMILES string of the molecule is COc1cccc(-c2ccn[nH]2)c1F. The summed E-state index contributed by atoms with van der Waals surface area (Å²) in [5, 5.41) is 6.46. The summed E-state index contributed by atoms with van der Waals surface area (Å²) < 4.78 is 18.5. The largest absolute Gasteiger partial charge is 0.494 e. The average molecular weight is 192 g/mol. The van der Waals surface area contributed by atoms with Crippen molar-refractivity contribution in [1.82, 2.24) is 10.2 Å². The van der Waals surface area contributed by atoms with E-state index in [2.05, 4.69) is 10.2 Å². The molecular formula is C10H9FN2O. The van der Waals surface area contributed by atoms with E-state index in [9.17, 15) is 4.39 Å². The Hall–Kier alpha value is -1.84. The number of rotatable bonds is 2. The molecule has 0 aliphatic rings. The number of benzene rings is 1. The van der Waals surface area contributed by atoms with Crippen LogP contribution in [0.4, 0.5) is 4.39 Å². The Balaban J connectivity index is 2.54. The van der Waals surface area contributed by atoms with E-state index >= 15 is 0 Å². The molecule has 0 amide bonds. The van der Waals surface area contributed by atoms with Gasteiger partial charge in [-0.25, -0.2) is 4.39 Å². The molecular weight excluding hydrogens is 183 g/mol. The molecule has 14 heavy (non-hydrogen) atoms. The molecule has 0 bridgehead atoms. The van der Waals surface area contributed by atoms with Crippen LogP contribution >= 0.6 is 0 Å². The van der Waals surface area contributed by atoms with Crippen molar-refractivity contribution in [1.29, 1.82) is 0 Å². The number of nitrogens with one attached hydrogen (secondary N) is 1. The maximum absolute atomic E-state index is 13.7. The van der Waals surface area contributed by atoms with Crippen LogP contribution in [-0.4, -0.2) is 17.3 Å². The highest BCUT2D eigenvalue weighted by atomic mass is 19.1. The van der Waals surface area contributed by atoms with Crippen LogP contribution in [0.25, 0.3) is 11.3 Å². The highest BCUT2D eigenvalue weighted by molar-refractivity contribution is 5.61. The molecule has 0 spiro atoms. The van der Waals surface area contributed by atoms with E-state index < -0.39 is 0 Å². The first-order valence-corrected chi connectivity index (χ1v) is 4.15. The van der Waals surface area contributed by atoms with Gasteiger partial charge in [0.25, 0.3) is 0 Å². The quantitative estimate of drug-likeness (QED) is 0.792. The van der Waals surface area contributed by atoms with Crippen LogP contribution in [0.5, 0.6) is 5.75 Å². The molecule has 0 saturated carbocycles. The Morgan fingerprint density at radius 3 is 2.86 bits per heavy atom. The normalized spacial score (nSPS) is 10.1. The van der Waals surface area contributed by atoms with Crippen molar-refractivity contribution < 1.29 is 9.13 Å². The summed E-state index contributed by atoms with van der Waals surface area (Å²) in [6.45, 7) is 0. The lowest BCUT2D eigenvalue weighted by molar-refractivity contribution is 0.387. The Morgan fingerprint density at radius 2 is 2.21 bits per heavy atom. The smallest absolute Gasteiger partial charge is 0.174 e. The van der Waals surface area contributed by atoms with E-state index in [0.717, 1.165) is 0 Å². The Labute approximate surface area is 80.5 Å². The molecule has 0 aliphatic heterocycles. The van der Waals surface area contributed by atoms with E-state index in [-0.39, 0.29) is 11.6 Å². The van der Waals surface area contributed by atoms with Gasteiger partial charge in [0.15, 0.2) is 11.6 Å². The summed E-state index contributed by atoms with van der Waals surface area (Å²) >= 11 is 0. The number of H-pyrrole nitrogens is 1. The van der Waals surface area contributed by atoms with Gasteiger partial charge in [-0.05, 0) is 18.2 Å². The number of halogens is 1. The molecule has 1 heterocycles.